The first kappa shape index (κ1) is 16.4. The molecule has 118 valence electrons. The first-order valence-corrected chi connectivity index (χ1v) is 7.41. The normalized spacial score (nSPS) is 10.9. The zero-order valence-electron chi connectivity index (χ0n) is 13.2. The molecule has 0 fully saturated rings. The fourth-order valence-electron chi connectivity index (χ4n) is 2.20. The predicted octanol–water partition coefficient (Wildman–Crippen LogP) is 3.29. The van der Waals surface area contributed by atoms with Crippen molar-refractivity contribution in [2.45, 2.75) is 26.8 Å². The van der Waals surface area contributed by atoms with E-state index < -0.39 is 5.91 Å². The fraction of sp³-hybridized carbons (Fsp3) is 0.222. The van der Waals surface area contributed by atoms with Crippen molar-refractivity contribution in [3.05, 3.63) is 65.3 Å². The highest BCUT2D eigenvalue weighted by Gasteiger charge is 2.10. The van der Waals surface area contributed by atoms with Crippen molar-refractivity contribution in [3.8, 4) is 6.07 Å². The van der Waals surface area contributed by atoms with E-state index in [1.807, 2.05) is 31.2 Å². The third kappa shape index (κ3) is 4.24. The van der Waals surface area contributed by atoms with E-state index in [9.17, 15) is 10.1 Å². The van der Waals surface area contributed by atoms with Gasteiger partial charge in [0.15, 0.2) is 0 Å². The number of anilines is 1. The lowest BCUT2D eigenvalue weighted by Gasteiger charge is -2.11. The van der Waals surface area contributed by atoms with Crippen molar-refractivity contribution >= 4 is 11.6 Å². The zero-order chi connectivity index (χ0) is 16.7. The number of aryl methyl sites for hydroxylation is 2. The molecule has 0 spiro atoms. The van der Waals surface area contributed by atoms with Crippen LogP contribution in [-0.4, -0.2) is 5.91 Å². The average molecular weight is 309 g/mol. The van der Waals surface area contributed by atoms with Crippen molar-refractivity contribution < 1.29 is 9.21 Å². The van der Waals surface area contributed by atoms with E-state index in [1.165, 1.54) is 12.5 Å². The van der Waals surface area contributed by atoms with Gasteiger partial charge in [0.2, 0.25) is 0 Å². The molecule has 0 radical (unpaired) electrons. The van der Waals surface area contributed by atoms with Gasteiger partial charge < -0.3 is 15.1 Å². The zero-order valence-corrected chi connectivity index (χ0v) is 13.2. The van der Waals surface area contributed by atoms with Gasteiger partial charge >= 0.3 is 0 Å². The summed E-state index contributed by atoms with van der Waals surface area (Å²) in [6.45, 7) is 4.29. The highest BCUT2D eigenvalue weighted by molar-refractivity contribution is 5.97. The van der Waals surface area contributed by atoms with Crippen LogP contribution in [0.15, 0.2) is 52.8 Å². The summed E-state index contributed by atoms with van der Waals surface area (Å²) in [6.07, 6.45) is 3.85. The van der Waals surface area contributed by atoms with Crippen LogP contribution in [0.1, 0.15) is 23.8 Å². The molecule has 0 aliphatic carbocycles. The Labute approximate surface area is 135 Å². The lowest BCUT2D eigenvalue weighted by molar-refractivity contribution is -0.117. The second kappa shape index (κ2) is 7.85. The molecule has 1 amide bonds. The molecule has 5 heteroatoms. The average Bonchev–Trinajstić information content (AvgIpc) is 3.08. The number of amides is 1. The quantitative estimate of drug-likeness (QED) is 0.634. The van der Waals surface area contributed by atoms with Gasteiger partial charge in [-0.25, -0.2) is 0 Å². The smallest absolute Gasteiger partial charge is 0.263 e. The summed E-state index contributed by atoms with van der Waals surface area (Å²) in [5.74, 6) is 0.193. The second-order valence-electron chi connectivity index (χ2n) is 5.04. The molecule has 2 aromatic rings. The Balaban J connectivity index is 2.07. The lowest BCUT2D eigenvalue weighted by Crippen LogP contribution is -2.24. The Morgan fingerprint density at radius 3 is 2.83 bits per heavy atom. The summed E-state index contributed by atoms with van der Waals surface area (Å²) in [6, 6.07) is 11.4. The predicted molar refractivity (Wildman–Crippen MR) is 88.4 cm³/mol. The maximum atomic E-state index is 12.0. The van der Waals surface area contributed by atoms with E-state index in [0.29, 0.717) is 5.76 Å². The number of hydrogen-bond acceptors (Lipinski definition) is 4. The number of nitrogens with one attached hydrogen (secondary N) is 2. The van der Waals surface area contributed by atoms with Gasteiger partial charge in [0.05, 0.1) is 12.8 Å². The summed E-state index contributed by atoms with van der Waals surface area (Å²) >= 11 is 0. The van der Waals surface area contributed by atoms with E-state index >= 15 is 0 Å². The molecule has 1 heterocycles. The van der Waals surface area contributed by atoms with Crippen LogP contribution >= 0.6 is 0 Å². The van der Waals surface area contributed by atoms with Crippen LogP contribution in [0.3, 0.4) is 0 Å². The molecule has 0 atom stereocenters. The molecule has 0 unspecified atom stereocenters. The van der Waals surface area contributed by atoms with Gasteiger partial charge in [-0.3, -0.25) is 4.79 Å². The summed E-state index contributed by atoms with van der Waals surface area (Å²) < 4.78 is 5.14. The number of rotatable bonds is 6. The van der Waals surface area contributed by atoms with E-state index in [4.69, 9.17) is 4.42 Å². The van der Waals surface area contributed by atoms with Crippen LogP contribution in [0.2, 0.25) is 0 Å². The van der Waals surface area contributed by atoms with Crippen molar-refractivity contribution in [1.29, 1.82) is 5.26 Å². The van der Waals surface area contributed by atoms with Gasteiger partial charge in [0.1, 0.15) is 17.4 Å². The summed E-state index contributed by atoms with van der Waals surface area (Å²) in [5, 5.41) is 14.9. The third-order valence-corrected chi connectivity index (χ3v) is 3.47. The number of carbonyl (C=O) groups excluding carboxylic acids is 1. The van der Waals surface area contributed by atoms with Crippen molar-refractivity contribution in [2.24, 2.45) is 0 Å². The van der Waals surface area contributed by atoms with Crippen molar-refractivity contribution in [2.75, 3.05) is 5.32 Å². The number of nitrogens with zero attached hydrogens (tertiary/aromatic N) is 1. The molecule has 23 heavy (non-hydrogen) atoms. The van der Waals surface area contributed by atoms with Crippen LogP contribution in [0.4, 0.5) is 5.69 Å². The van der Waals surface area contributed by atoms with Gasteiger partial charge in [-0.05, 0) is 36.6 Å². The number of para-hydroxylation sites is 1. The standard InChI is InChI=1S/C18H19N3O2/c1-3-14-7-4-6-13(2)17(14)20-11-15(10-19)18(22)21-12-16-8-5-9-23-16/h4-9,11,20H,3,12H2,1-2H3,(H,21,22)/b15-11-. The SMILES string of the molecule is CCc1cccc(C)c1N/C=C(/C#N)C(=O)NCc1ccco1. The molecule has 0 aliphatic rings. The maximum absolute atomic E-state index is 12.0. The molecular formula is C18H19N3O2. The molecule has 0 bridgehead atoms. The molecule has 1 aromatic carbocycles. The number of benzene rings is 1. The third-order valence-electron chi connectivity index (χ3n) is 3.47. The maximum Gasteiger partial charge on any atom is 0.263 e. The number of hydrogen-bond donors (Lipinski definition) is 2. The molecule has 0 saturated carbocycles. The van der Waals surface area contributed by atoms with Crippen LogP contribution in [0, 0.1) is 18.3 Å². The monoisotopic (exact) mass is 309 g/mol. The van der Waals surface area contributed by atoms with Crippen LogP contribution in [0.25, 0.3) is 0 Å². The highest BCUT2D eigenvalue weighted by atomic mass is 16.3. The summed E-state index contributed by atoms with van der Waals surface area (Å²) in [5.41, 5.74) is 3.15. The van der Waals surface area contributed by atoms with Gasteiger partial charge in [-0.2, -0.15) is 5.26 Å². The minimum atomic E-state index is -0.442. The van der Waals surface area contributed by atoms with E-state index in [2.05, 4.69) is 17.6 Å². The number of furan rings is 1. The Kier molecular flexibility index (Phi) is 5.59. The Hall–Kier alpha value is -3.00. The van der Waals surface area contributed by atoms with E-state index in [-0.39, 0.29) is 12.1 Å². The Morgan fingerprint density at radius 2 is 2.17 bits per heavy atom. The van der Waals surface area contributed by atoms with Crippen molar-refractivity contribution in [3.63, 3.8) is 0 Å². The number of nitriles is 1. The first-order valence-electron chi connectivity index (χ1n) is 7.41. The second-order valence-corrected chi connectivity index (χ2v) is 5.04. The molecular weight excluding hydrogens is 290 g/mol. The first-order chi connectivity index (χ1) is 11.2. The minimum Gasteiger partial charge on any atom is -0.467 e. The van der Waals surface area contributed by atoms with E-state index in [1.54, 1.807) is 12.1 Å². The molecule has 2 rings (SSSR count). The molecule has 0 saturated heterocycles. The van der Waals surface area contributed by atoms with Crippen LogP contribution < -0.4 is 10.6 Å². The van der Waals surface area contributed by atoms with Crippen molar-refractivity contribution in [1.82, 2.24) is 5.32 Å². The van der Waals surface area contributed by atoms with Crippen LogP contribution in [0.5, 0.6) is 0 Å². The van der Waals surface area contributed by atoms with Crippen LogP contribution in [-0.2, 0) is 17.8 Å². The molecule has 0 aliphatic heterocycles. The summed E-state index contributed by atoms with van der Waals surface area (Å²) in [7, 11) is 0. The largest absolute Gasteiger partial charge is 0.467 e. The number of carbonyl (C=O) groups is 1. The molecule has 1 aromatic heterocycles. The Bertz CT molecular complexity index is 740. The van der Waals surface area contributed by atoms with Gasteiger partial charge in [-0.1, -0.05) is 25.1 Å². The van der Waals surface area contributed by atoms with E-state index in [0.717, 1.165) is 23.2 Å². The topological polar surface area (TPSA) is 78.1 Å². The van der Waals surface area contributed by atoms with Gasteiger partial charge in [-0.15, -0.1) is 0 Å². The highest BCUT2D eigenvalue weighted by Crippen LogP contribution is 2.21. The molecule has 5 nitrogen and oxygen atoms in total. The summed E-state index contributed by atoms with van der Waals surface area (Å²) in [4.78, 5) is 12.0. The fourth-order valence-corrected chi connectivity index (χ4v) is 2.20. The Morgan fingerprint density at radius 1 is 1.35 bits per heavy atom. The van der Waals surface area contributed by atoms with Gasteiger partial charge in [0.25, 0.3) is 5.91 Å². The molecule has 2 N–H and O–H groups in total. The van der Waals surface area contributed by atoms with Gasteiger partial charge in [0, 0.05) is 11.9 Å². The minimum absolute atomic E-state index is 0.0156. The lowest BCUT2D eigenvalue weighted by atomic mass is 10.1.